The molecule has 9 heteroatoms. The van der Waals surface area contributed by atoms with Crippen LogP contribution in [-0.2, 0) is 16.1 Å². The van der Waals surface area contributed by atoms with Gasteiger partial charge in [-0.25, -0.2) is 0 Å². The van der Waals surface area contributed by atoms with E-state index in [2.05, 4.69) is 43.4 Å². The van der Waals surface area contributed by atoms with Crippen molar-refractivity contribution in [3.63, 3.8) is 0 Å². The van der Waals surface area contributed by atoms with Gasteiger partial charge in [0.25, 0.3) is 0 Å². The first-order valence-corrected chi connectivity index (χ1v) is 11.0. The molecule has 0 atom stereocenters. The largest absolute Gasteiger partial charge is 0.326 e. The number of carbonyl (C=O) groups excluding carboxylic acids is 2. The molecule has 0 saturated heterocycles. The summed E-state index contributed by atoms with van der Waals surface area (Å²) in [5.74, 6) is 0.758. The summed E-state index contributed by atoms with van der Waals surface area (Å²) in [5.41, 5.74) is 2.39. The number of rotatable bonds is 7. The van der Waals surface area contributed by atoms with Crippen LogP contribution < -0.4 is 10.6 Å². The molecule has 150 valence electrons. The Morgan fingerprint density at radius 1 is 1.00 bits per heavy atom. The molecule has 7 nitrogen and oxygen atoms in total. The highest BCUT2D eigenvalue weighted by atomic mass is 127. The Bertz CT molecular complexity index is 1000. The van der Waals surface area contributed by atoms with Crippen molar-refractivity contribution in [1.29, 1.82) is 0 Å². The fraction of sp³-hybridized carbons (Fsp3) is 0.200. The van der Waals surface area contributed by atoms with Crippen molar-refractivity contribution < 1.29 is 9.59 Å². The van der Waals surface area contributed by atoms with E-state index in [0.717, 1.165) is 26.3 Å². The van der Waals surface area contributed by atoms with Gasteiger partial charge in [-0.05, 0) is 78.0 Å². The predicted molar refractivity (Wildman–Crippen MR) is 124 cm³/mol. The number of hydrogen-bond donors (Lipinski definition) is 2. The molecule has 0 spiro atoms. The molecule has 29 heavy (non-hydrogen) atoms. The number of nitrogens with one attached hydrogen (secondary N) is 2. The van der Waals surface area contributed by atoms with E-state index < -0.39 is 0 Å². The number of halogens is 1. The number of anilines is 2. The molecule has 2 N–H and O–H groups in total. The van der Waals surface area contributed by atoms with E-state index in [4.69, 9.17) is 0 Å². The van der Waals surface area contributed by atoms with Crippen LogP contribution in [0, 0.1) is 3.57 Å². The maximum atomic E-state index is 12.2. The molecule has 2 aromatic carbocycles. The zero-order valence-electron chi connectivity index (χ0n) is 16.0. The maximum absolute atomic E-state index is 12.2. The fourth-order valence-corrected chi connectivity index (χ4v) is 3.82. The summed E-state index contributed by atoms with van der Waals surface area (Å²) in [7, 11) is 0. The highest BCUT2D eigenvalue weighted by Crippen LogP contribution is 2.25. The number of carbonyl (C=O) groups is 2. The van der Waals surface area contributed by atoms with E-state index in [1.807, 2.05) is 60.0 Å². The summed E-state index contributed by atoms with van der Waals surface area (Å²) < 4.78 is 3.08. The standard InChI is InChI=1S/C20H20IN5O2S/c1-3-26-19(14-4-8-16(9-5-14)22-13(2)27)24-25-20(26)29-12-18(28)23-17-10-6-15(21)7-11-17/h4-11H,3,12H2,1-2H3,(H,22,27)(H,23,28). The van der Waals surface area contributed by atoms with Gasteiger partial charge in [-0.1, -0.05) is 11.8 Å². The molecular weight excluding hydrogens is 501 g/mol. The Morgan fingerprint density at radius 2 is 1.62 bits per heavy atom. The molecule has 2 amide bonds. The van der Waals surface area contributed by atoms with Gasteiger partial charge in [0.15, 0.2) is 11.0 Å². The van der Waals surface area contributed by atoms with E-state index in [9.17, 15) is 9.59 Å². The first kappa shape index (κ1) is 21.3. The Kier molecular flexibility index (Phi) is 7.26. The molecule has 0 aliphatic carbocycles. The van der Waals surface area contributed by atoms with Crippen LogP contribution >= 0.6 is 34.4 Å². The summed E-state index contributed by atoms with van der Waals surface area (Å²) >= 11 is 3.57. The Morgan fingerprint density at radius 3 is 2.24 bits per heavy atom. The van der Waals surface area contributed by atoms with E-state index in [-0.39, 0.29) is 17.6 Å². The van der Waals surface area contributed by atoms with Gasteiger partial charge in [-0.3, -0.25) is 9.59 Å². The topological polar surface area (TPSA) is 88.9 Å². The van der Waals surface area contributed by atoms with Crippen molar-refractivity contribution in [3.8, 4) is 11.4 Å². The van der Waals surface area contributed by atoms with Crippen LogP contribution in [0.4, 0.5) is 11.4 Å². The Balaban J connectivity index is 1.66. The van der Waals surface area contributed by atoms with Crippen molar-refractivity contribution in [1.82, 2.24) is 14.8 Å². The normalized spacial score (nSPS) is 10.6. The van der Waals surface area contributed by atoms with E-state index in [1.54, 1.807) is 0 Å². The van der Waals surface area contributed by atoms with Crippen molar-refractivity contribution in [2.45, 2.75) is 25.5 Å². The lowest BCUT2D eigenvalue weighted by molar-refractivity contribution is -0.114. The number of nitrogens with zero attached hydrogens (tertiary/aromatic N) is 3. The van der Waals surface area contributed by atoms with E-state index in [1.165, 1.54) is 18.7 Å². The van der Waals surface area contributed by atoms with E-state index in [0.29, 0.717) is 11.7 Å². The third-order valence-electron chi connectivity index (χ3n) is 3.96. The molecule has 0 aliphatic rings. The predicted octanol–water partition coefficient (Wildman–Crippen LogP) is 4.26. The number of aromatic nitrogens is 3. The van der Waals surface area contributed by atoms with Crippen molar-refractivity contribution >= 4 is 57.5 Å². The molecule has 0 fully saturated rings. The highest BCUT2D eigenvalue weighted by Gasteiger charge is 2.15. The van der Waals surface area contributed by atoms with Crippen molar-refractivity contribution in [2.24, 2.45) is 0 Å². The number of hydrogen-bond acceptors (Lipinski definition) is 5. The molecule has 3 rings (SSSR count). The summed E-state index contributed by atoms with van der Waals surface area (Å²) in [6.07, 6.45) is 0. The summed E-state index contributed by atoms with van der Waals surface area (Å²) in [5, 5.41) is 14.9. The minimum atomic E-state index is -0.114. The van der Waals surface area contributed by atoms with Crippen LogP contribution in [0.5, 0.6) is 0 Å². The second kappa shape index (κ2) is 9.88. The second-order valence-corrected chi connectivity index (χ2v) is 8.34. The van der Waals surface area contributed by atoms with Crippen LogP contribution in [0.15, 0.2) is 53.7 Å². The molecule has 1 heterocycles. The summed E-state index contributed by atoms with van der Waals surface area (Å²) in [6.45, 7) is 4.16. The number of amides is 2. The monoisotopic (exact) mass is 521 g/mol. The van der Waals surface area contributed by atoms with Gasteiger partial charge in [0, 0.05) is 34.0 Å². The van der Waals surface area contributed by atoms with Crippen LogP contribution in [-0.4, -0.2) is 32.3 Å². The smallest absolute Gasteiger partial charge is 0.234 e. The lowest BCUT2D eigenvalue weighted by Gasteiger charge is -2.09. The summed E-state index contributed by atoms with van der Waals surface area (Å²) in [4.78, 5) is 23.4. The minimum absolute atomic E-state index is 0.0944. The number of thioether (sulfide) groups is 1. The quantitative estimate of drug-likeness (QED) is 0.359. The van der Waals surface area contributed by atoms with Gasteiger partial charge in [-0.2, -0.15) is 0 Å². The molecule has 0 aliphatic heterocycles. The van der Waals surface area contributed by atoms with Gasteiger partial charge in [0.2, 0.25) is 11.8 Å². The van der Waals surface area contributed by atoms with Gasteiger partial charge in [0.1, 0.15) is 0 Å². The van der Waals surface area contributed by atoms with Crippen molar-refractivity contribution in [3.05, 3.63) is 52.1 Å². The first-order chi connectivity index (χ1) is 14.0. The molecule has 0 radical (unpaired) electrons. The fourth-order valence-electron chi connectivity index (χ4n) is 2.66. The zero-order valence-corrected chi connectivity index (χ0v) is 19.0. The molecule has 0 bridgehead atoms. The maximum Gasteiger partial charge on any atom is 0.234 e. The SMILES string of the molecule is CCn1c(SCC(=O)Nc2ccc(I)cc2)nnc1-c1ccc(NC(C)=O)cc1. The zero-order chi connectivity index (χ0) is 20.8. The van der Waals surface area contributed by atoms with E-state index >= 15 is 0 Å². The average Bonchev–Trinajstić information content (AvgIpc) is 3.11. The van der Waals surface area contributed by atoms with Gasteiger partial charge >= 0.3 is 0 Å². The van der Waals surface area contributed by atoms with Crippen molar-refractivity contribution in [2.75, 3.05) is 16.4 Å². The summed E-state index contributed by atoms with van der Waals surface area (Å²) in [6, 6.07) is 15.1. The lowest BCUT2D eigenvalue weighted by atomic mass is 10.2. The van der Waals surface area contributed by atoms with Gasteiger partial charge < -0.3 is 15.2 Å². The Labute approximate surface area is 186 Å². The van der Waals surface area contributed by atoms with Gasteiger partial charge in [-0.15, -0.1) is 10.2 Å². The highest BCUT2D eigenvalue weighted by molar-refractivity contribution is 14.1. The van der Waals surface area contributed by atoms with Crippen LogP contribution in [0.2, 0.25) is 0 Å². The average molecular weight is 521 g/mol. The molecule has 0 unspecified atom stereocenters. The number of benzene rings is 2. The second-order valence-electron chi connectivity index (χ2n) is 6.15. The molecule has 3 aromatic rings. The molecule has 0 saturated carbocycles. The minimum Gasteiger partial charge on any atom is -0.326 e. The Hall–Kier alpha value is -2.40. The molecule has 1 aromatic heterocycles. The van der Waals surface area contributed by atoms with Crippen LogP contribution in [0.1, 0.15) is 13.8 Å². The molecular formula is C20H20IN5O2S. The third kappa shape index (κ3) is 5.80. The van der Waals surface area contributed by atoms with Crippen LogP contribution in [0.3, 0.4) is 0 Å². The lowest BCUT2D eigenvalue weighted by Crippen LogP contribution is -2.14. The third-order valence-corrected chi connectivity index (χ3v) is 5.64. The van der Waals surface area contributed by atoms with Crippen LogP contribution in [0.25, 0.3) is 11.4 Å². The first-order valence-electron chi connectivity index (χ1n) is 8.95. The van der Waals surface area contributed by atoms with Gasteiger partial charge in [0.05, 0.1) is 5.75 Å².